The third-order valence-electron chi connectivity index (χ3n) is 3.65. The van der Waals surface area contributed by atoms with Gasteiger partial charge in [-0.2, -0.15) is 4.98 Å². The molecule has 3 rings (SSSR count). The van der Waals surface area contributed by atoms with Crippen molar-refractivity contribution in [3.05, 3.63) is 75.0 Å². The van der Waals surface area contributed by atoms with Gasteiger partial charge in [0.05, 0.1) is 12.0 Å². The largest absolute Gasteiger partial charge is 0.497 e. The van der Waals surface area contributed by atoms with Crippen LogP contribution < -0.4 is 20.3 Å². The molecule has 1 amide bonds. The molecule has 0 radical (unpaired) electrons. The highest BCUT2D eigenvalue weighted by Crippen LogP contribution is 2.34. The lowest BCUT2D eigenvalue weighted by molar-refractivity contribution is -0.385. The molecule has 29 heavy (non-hydrogen) atoms. The zero-order valence-electron chi connectivity index (χ0n) is 15.0. The van der Waals surface area contributed by atoms with Crippen molar-refractivity contribution < 1.29 is 19.2 Å². The van der Waals surface area contributed by atoms with Crippen LogP contribution in [0.15, 0.2) is 59.3 Å². The molecule has 0 fully saturated rings. The van der Waals surface area contributed by atoms with E-state index in [0.717, 1.165) is 10.8 Å². The van der Waals surface area contributed by atoms with E-state index in [9.17, 15) is 14.9 Å². The van der Waals surface area contributed by atoms with Crippen molar-refractivity contribution in [2.24, 2.45) is 0 Å². The maximum Gasteiger partial charge on any atom is 0.374 e. The molecule has 11 heteroatoms. The Morgan fingerprint density at radius 1 is 1.07 bits per heavy atom. The molecule has 0 spiro atoms. The molecular weight excluding hydrogens is 446 g/mol. The number of ether oxygens (including phenoxy) is 2. The highest BCUT2D eigenvalue weighted by molar-refractivity contribution is 9.10. The van der Waals surface area contributed by atoms with Gasteiger partial charge in [0.1, 0.15) is 17.8 Å². The lowest BCUT2D eigenvalue weighted by atomic mass is 10.2. The van der Waals surface area contributed by atoms with Crippen LogP contribution in [0.3, 0.4) is 0 Å². The molecule has 10 nitrogen and oxygen atoms in total. The van der Waals surface area contributed by atoms with Crippen LogP contribution in [0, 0.1) is 10.1 Å². The number of aromatic nitrogens is 2. The van der Waals surface area contributed by atoms with Gasteiger partial charge >= 0.3 is 11.6 Å². The summed E-state index contributed by atoms with van der Waals surface area (Å²) in [6, 6.07) is 13.0. The minimum Gasteiger partial charge on any atom is -0.497 e. The number of amides is 1. The van der Waals surface area contributed by atoms with Crippen molar-refractivity contribution in [2.45, 2.75) is 0 Å². The quantitative estimate of drug-likeness (QED) is 0.404. The molecule has 3 aromatic rings. The molecule has 0 atom stereocenters. The Hall–Kier alpha value is -3.73. The zero-order chi connectivity index (χ0) is 20.8. The summed E-state index contributed by atoms with van der Waals surface area (Å²) in [4.78, 5) is 30.7. The lowest BCUT2D eigenvalue weighted by Gasteiger charge is -2.10. The molecule has 0 saturated carbocycles. The predicted molar refractivity (Wildman–Crippen MR) is 107 cm³/mol. The fourth-order valence-corrected chi connectivity index (χ4v) is 2.50. The van der Waals surface area contributed by atoms with E-state index in [1.165, 1.54) is 7.11 Å². The fourth-order valence-electron chi connectivity index (χ4n) is 2.24. The number of halogens is 1. The highest BCUT2D eigenvalue weighted by atomic mass is 79.9. The first-order valence-electron chi connectivity index (χ1n) is 8.11. The molecule has 1 heterocycles. The van der Waals surface area contributed by atoms with Crippen molar-refractivity contribution in [3.8, 4) is 17.4 Å². The van der Waals surface area contributed by atoms with Crippen LogP contribution in [0.25, 0.3) is 0 Å². The van der Waals surface area contributed by atoms with Gasteiger partial charge in [-0.15, -0.1) is 0 Å². The van der Waals surface area contributed by atoms with E-state index >= 15 is 0 Å². The first kappa shape index (κ1) is 20.0. The number of methoxy groups -OCH3 is 1. The molecule has 148 valence electrons. The fraction of sp³-hybridized carbons (Fsp3) is 0.0556. The zero-order valence-corrected chi connectivity index (χ0v) is 16.5. The second-order valence-corrected chi connectivity index (χ2v) is 6.41. The molecule has 0 aliphatic heterocycles. The third-order valence-corrected chi connectivity index (χ3v) is 4.17. The number of hydrazine groups is 1. The average molecular weight is 460 g/mol. The number of carbonyl (C=O) groups excluding carboxylic acids is 1. The second kappa shape index (κ2) is 8.97. The molecule has 0 unspecified atom stereocenters. The highest BCUT2D eigenvalue weighted by Gasteiger charge is 2.25. The number of carbonyl (C=O) groups is 1. The van der Waals surface area contributed by atoms with Gasteiger partial charge in [-0.3, -0.25) is 25.8 Å². The number of hydrogen-bond acceptors (Lipinski definition) is 8. The Kier molecular flexibility index (Phi) is 6.19. The lowest BCUT2D eigenvalue weighted by Crippen LogP contribution is -2.30. The van der Waals surface area contributed by atoms with E-state index in [2.05, 4.69) is 36.7 Å². The number of nitrogens with one attached hydrogen (secondary N) is 2. The summed E-state index contributed by atoms with van der Waals surface area (Å²) in [5.74, 6) is -0.0673. The van der Waals surface area contributed by atoms with Crippen LogP contribution in [0.5, 0.6) is 17.4 Å². The van der Waals surface area contributed by atoms with Crippen LogP contribution >= 0.6 is 15.9 Å². The van der Waals surface area contributed by atoms with Crippen LogP contribution in [0.2, 0.25) is 0 Å². The predicted octanol–water partition coefficient (Wildman–Crippen LogP) is 3.71. The summed E-state index contributed by atoms with van der Waals surface area (Å²) in [5, 5.41) is 11.5. The van der Waals surface area contributed by atoms with Crippen molar-refractivity contribution in [2.75, 3.05) is 12.5 Å². The molecule has 2 aromatic carbocycles. The van der Waals surface area contributed by atoms with E-state index in [4.69, 9.17) is 9.47 Å². The Bertz CT molecular complexity index is 1030. The van der Waals surface area contributed by atoms with Crippen molar-refractivity contribution >= 4 is 33.3 Å². The van der Waals surface area contributed by atoms with Gasteiger partial charge < -0.3 is 9.47 Å². The molecule has 2 N–H and O–H groups in total. The first-order chi connectivity index (χ1) is 14.0. The van der Waals surface area contributed by atoms with Crippen LogP contribution in [0.1, 0.15) is 10.4 Å². The van der Waals surface area contributed by atoms with Crippen molar-refractivity contribution in [1.29, 1.82) is 0 Å². The topological polar surface area (TPSA) is 129 Å². The maximum absolute atomic E-state index is 12.2. The summed E-state index contributed by atoms with van der Waals surface area (Å²) >= 11 is 3.29. The number of nitrogens with zero attached hydrogens (tertiary/aromatic N) is 3. The Balaban J connectivity index is 1.78. The smallest absolute Gasteiger partial charge is 0.374 e. The number of anilines is 1. The van der Waals surface area contributed by atoms with E-state index in [1.807, 2.05) is 0 Å². The SMILES string of the molecule is COc1ccc(C(=O)NNc2ncnc(Oc3ccc(Br)cc3)c2[N+](=O)[O-])cc1. The van der Waals surface area contributed by atoms with Gasteiger partial charge in [0.15, 0.2) is 0 Å². The normalized spacial score (nSPS) is 10.1. The minimum atomic E-state index is -0.698. The molecular formula is C18H14BrN5O5. The van der Waals surface area contributed by atoms with Crippen LogP contribution in [0.4, 0.5) is 11.5 Å². The van der Waals surface area contributed by atoms with Gasteiger partial charge in [-0.1, -0.05) is 15.9 Å². The second-order valence-electron chi connectivity index (χ2n) is 5.50. The van der Waals surface area contributed by atoms with Gasteiger partial charge in [-0.25, -0.2) is 4.98 Å². The Morgan fingerprint density at radius 3 is 2.34 bits per heavy atom. The standard InChI is InChI=1S/C18H14BrN5O5/c1-28-13-6-2-11(3-7-13)17(25)23-22-16-15(24(26)27)18(21-10-20-16)29-14-8-4-12(19)5-9-14/h2-10H,1H3,(H,23,25)(H,20,21,22). The van der Waals surface area contributed by atoms with Crippen molar-refractivity contribution in [3.63, 3.8) is 0 Å². The number of hydrogen-bond donors (Lipinski definition) is 2. The summed E-state index contributed by atoms with van der Waals surface area (Å²) in [7, 11) is 1.51. The Morgan fingerprint density at radius 2 is 1.72 bits per heavy atom. The van der Waals surface area contributed by atoms with Crippen molar-refractivity contribution in [1.82, 2.24) is 15.4 Å². The van der Waals surface area contributed by atoms with Crippen LogP contribution in [-0.4, -0.2) is 27.9 Å². The number of nitro groups is 1. The molecule has 0 saturated heterocycles. The number of rotatable bonds is 7. The van der Waals surface area contributed by atoms with Gasteiger partial charge in [0.2, 0.25) is 5.82 Å². The monoisotopic (exact) mass is 459 g/mol. The first-order valence-corrected chi connectivity index (χ1v) is 8.90. The molecule has 0 aliphatic rings. The Labute approximate surface area is 173 Å². The van der Waals surface area contributed by atoms with Gasteiger partial charge in [-0.05, 0) is 48.5 Å². The van der Waals surface area contributed by atoms with E-state index in [-0.39, 0.29) is 11.7 Å². The van der Waals surface area contributed by atoms with E-state index < -0.39 is 16.5 Å². The third kappa shape index (κ3) is 4.96. The summed E-state index contributed by atoms with van der Waals surface area (Å²) in [5.41, 5.74) is 4.60. The van der Waals surface area contributed by atoms with Gasteiger partial charge in [0.25, 0.3) is 5.91 Å². The molecule has 1 aromatic heterocycles. The van der Waals surface area contributed by atoms with Crippen LogP contribution in [-0.2, 0) is 0 Å². The number of benzene rings is 2. The maximum atomic E-state index is 12.2. The summed E-state index contributed by atoms with van der Waals surface area (Å²) < 4.78 is 11.4. The van der Waals surface area contributed by atoms with E-state index in [1.54, 1.807) is 48.5 Å². The average Bonchev–Trinajstić information content (AvgIpc) is 2.73. The molecule has 0 aliphatic carbocycles. The summed E-state index contributed by atoms with van der Waals surface area (Å²) in [6.45, 7) is 0. The van der Waals surface area contributed by atoms with E-state index in [0.29, 0.717) is 17.1 Å². The summed E-state index contributed by atoms with van der Waals surface area (Å²) in [6.07, 6.45) is 1.09. The van der Waals surface area contributed by atoms with Gasteiger partial charge in [0, 0.05) is 10.0 Å². The molecule has 0 bridgehead atoms. The minimum absolute atomic E-state index is 0.223.